The average Bonchev–Trinajstić information content (AvgIpc) is 2.59. The molecule has 0 fully saturated rings. The highest BCUT2D eigenvalue weighted by Gasteiger charge is 2.24. The third kappa shape index (κ3) is 4.95. The van der Waals surface area contributed by atoms with Crippen LogP contribution in [0, 0.1) is 5.82 Å². The van der Waals surface area contributed by atoms with E-state index in [-0.39, 0.29) is 23.2 Å². The molecule has 0 aliphatic carbocycles. The Labute approximate surface area is 155 Å². The first kappa shape index (κ1) is 19.7. The number of carbonyl (C=O) groups excluding carboxylic acids is 1. The van der Waals surface area contributed by atoms with E-state index in [1.807, 2.05) is 0 Å². The van der Waals surface area contributed by atoms with Crippen molar-refractivity contribution in [2.75, 3.05) is 7.11 Å². The van der Waals surface area contributed by atoms with Gasteiger partial charge in [0.1, 0.15) is 11.6 Å². The van der Waals surface area contributed by atoms with Gasteiger partial charge in [0, 0.05) is 6.42 Å². The quantitative estimate of drug-likeness (QED) is 0.764. The number of methoxy groups -OCH3 is 1. The maximum Gasteiger partial charge on any atom is 0.330 e. The van der Waals surface area contributed by atoms with Gasteiger partial charge in [0.05, 0.1) is 12.1 Å². The van der Waals surface area contributed by atoms with E-state index >= 15 is 0 Å². The normalized spacial score (nSPS) is 12.9. The highest BCUT2D eigenvalue weighted by molar-refractivity contribution is 6.32. The van der Waals surface area contributed by atoms with Crippen molar-refractivity contribution in [1.29, 1.82) is 0 Å². The molecule has 7 heteroatoms. The molecule has 0 aliphatic rings. The molecule has 2 rings (SSSR count). The average molecular weight is 380 g/mol. The van der Waals surface area contributed by atoms with Crippen LogP contribution in [0.25, 0.3) is 0 Å². The first-order chi connectivity index (χ1) is 12.3. The van der Waals surface area contributed by atoms with Crippen molar-refractivity contribution in [3.8, 4) is 5.75 Å². The Bertz CT molecular complexity index is 812. The van der Waals surface area contributed by atoms with Gasteiger partial charge in [0.15, 0.2) is 6.04 Å². The van der Waals surface area contributed by atoms with Crippen molar-refractivity contribution in [3.63, 3.8) is 0 Å². The van der Waals surface area contributed by atoms with Gasteiger partial charge in [-0.1, -0.05) is 36.7 Å². The SMILES string of the molecule is COc1ccc(C(NC(=O)CC(C)c2cccc(F)c2)C(=O)O)cc1Cl. The van der Waals surface area contributed by atoms with Gasteiger partial charge in [0.2, 0.25) is 5.91 Å². The Hall–Kier alpha value is -2.60. The number of hydrogen-bond acceptors (Lipinski definition) is 3. The second kappa shape index (κ2) is 8.67. The highest BCUT2D eigenvalue weighted by atomic mass is 35.5. The maximum atomic E-state index is 13.3. The van der Waals surface area contributed by atoms with Crippen molar-refractivity contribution >= 4 is 23.5 Å². The van der Waals surface area contributed by atoms with Crippen LogP contribution >= 0.6 is 11.6 Å². The Balaban J connectivity index is 2.11. The molecule has 2 atom stereocenters. The van der Waals surface area contributed by atoms with Crippen LogP contribution in [0.1, 0.15) is 36.4 Å². The molecule has 0 bridgehead atoms. The molecule has 5 nitrogen and oxygen atoms in total. The van der Waals surface area contributed by atoms with Gasteiger partial charge in [-0.2, -0.15) is 0 Å². The number of hydrogen-bond donors (Lipinski definition) is 2. The van der Waals surface area contributed by atoms with Crippen LogP contribution in [0.4, 0.5) is 4.39 Å². The molecular weight excluding hydrogens is 361 g/mol. The molecule has 0 aromatic heterocycles. The molecule has 0 heterocycles. The molecule has 2 N–H and O–H groups in total. The summed E-state index contributed by atoms with van der Waals surface area (Å²) in [6.07, 6.45) is 0.0249. The molecule has 1 amide bonds. The lowest BCUT2D eigenvalue weighted by Crippen LogP contribution is -2.34. The Morgan fingerprint density at radius 3 is 2.54 bits per heavy atom. The van der Waals surface area contributed by atoms with E-state index in [0.717, 1.165) is 0 Å². The van der Waals surface area contributed by atoms with Gasteiger partial charge in [0.25, 0.3) is 0 Å². The van der Waals surface area contributed by atoms with Crippen molar-refractivity contribution in [1.82, 2.24) is 5.32 Å². The summed E-state index contributed by atoms with van der Waals surface area (Å²) in [7, 11) is 1.45. The Morgan fingerprint density at radius 2 is 1.96 bits per heavy atom. The zero-order valence-electron chi connectivity index (χ0n) is 14.3. The second-order valence-electron chi connectivity index (χ2n) is 5.89. The van der Waals surface area contributed by atoms with Crippen LogP contribution in [0.5, 0.6) is 5.75 Å². The standard InChI is InChI=1S/C19H19ClFNO4/c1-11(12-4-3-5-14(21)9-12)8-17(23)22-18(19(24)25)13-6-7-16(26-2)15(20)10-13/h3-7,9-11,18H,8H2,1-2H3,(H,22,23)(H,24,25). The van der Waals surface area contributed by atoms with E-state index < -0.39 is 17.9 Å². The molecule has 26 heavy (non-hydrogen) atoms. The molecule has 138 valence electrons. The van der Waals surface area contributed by atoms with Gasteiger partial charge in [-0.15, -0.1) is 0 Å². The third-order valence-electron chi connectivity index (χ3n) is 3.97. The summed E-state index contributed by atoms with van der Waals surface area (Å²) in [5.41, 5.74) is 0.995. The summed E-state index contributed by atoms with van der Waals surface area (Å²) in [6.45, 7) is 1.77. The lowest BCUT2D eigenvalue weighted by atomic mass is 9.97. The zero-order valence-corrected chi connectivity index (χ0v) is 15.1. The molecule has 0 saturated carbocycles. The summed E-state index contributed by atoms with van der Waals surface area (Å²) < 4.78 is 18.3. The minimum Gasteiger partial charge on any atom is -0.495 e. The van der Waals surface area contributed by atoms with Gasteiger partial charge in [-0.25, -0.2) is 9.18 Å². The predicted octanol–water partition coefficient (Wildman–Crippen LogP) is 3.92. The number of ether oxygens (including phenoxy) is 1. The van der Waals surface area contributed by atoms with E-state index in [1.165, 1.54) is 37.4 Å². The summed E-state index contributed by atoms with van der Waals surface area (Å²) >= 11 is 6.03. The Kier molecular flexibility index (Phi) is 6.58. The van der Waals surface area contributed by atoms with Crippen LogP contribution in [-0.4, -0.2) is 24.1 Å². The molecule has 0 spiro atoms. The number of rotatable bonds is 7. The number of halogens is 2. The van der Waals surface area contributed by atoms with E-state index in [4.69, 9.17) is 16.3 Å². The molecule has 2 unspecified atom stereocenters. The van der Waals surface area contributed by atoms with Crippen LogP contribution in [0.3, 0.4) is 0 Å². The topological polar surface area (TPSA) is 75.6 Å². The van der Waals surface area contributed by atoms with Crippen LogP contribution < -0.4 is 10.1 Å². The van der Waals surface area contributed by atoms with Crippen molar-refractivity contribution < 1.29 is 23.8 Å². The first-order valence-corrected chi connectivity index (χ1v) is 8.30. The van der Waals surface area contributed by atoms with Gasteiger partial charge in [-0.3, -0.25) is 4.79 Å². The van der Waals surface area contributed by atoms with Gasteiger partial charge >= 0.3 is 5.97 Å². The number of benzene rings is 2. The minimum absolute atomic E-state index is 0.0249. The minimum atomic E-state index is -1.24. The smallest absolute Gasteiger partial charge is 0.330 e. The summed E-state index contributed by atoms with van der Waals surface area (Å²) in [4.78, 5) is 23.8. The van der Waals surface area contributed by atoms with Crippen molar-refractivity contribution in [3.05, 3.63) is 64.4 Å². The van der Waals surface area contributed by atoms with Crippen molar-refractivity contribution in [2.45, 2.75) is 25.3 Å². The fourth-order valence-corrected chi connectivity index (χ4v) is 2.84. The first-order valence-electron chi connectivity index (χ1n) is 7.93. The summed E-state index contributed by atoms with van der Waals surface area (Å²) in [6, 6.07) is 9.23. The zero-order chi connectivity index (χ0) is 19.3. The number of nitrogens with one attached hydrogen (secondary N) is 1. The van der Waals surface area contributed by atoms with Crippen LogP contribution in [0.2, 0.25) is 5.02 Å². The lowest BCUT2D eigenvalue weighted by molar-refractivity contribution is -0.142. The predicted molar refractivity (Wildman–Crippen MR) is 96.0 cm³/mol. The molecular formula is C19H19ClFNO4. The molecule has 2 aromatic carbocycles. The van der Waals surface area contributed by atoms with E-state index in [2.05, 4.69) is 5.32 Å². The molecule has 0 aliphatic heterocycles. The second-order valence-corrected chi connectivity index (χ2v) is 6.30. The number of carboxylic acids is 1. The van der Waals surface area contributed by atoms with Gasteiger partial charge < -0.3 is 15.2 Å². The highest BCUT2D eigenvalue weighted by Crippen LogP contribution is 2.28. The summed E-state index contributed by atoms with van der Waals surface area (Å²) in [5, 5.41) is 12.2. The maximum absolute atomic E-state index is 13.3. The summed E-state index contributed by atoms with van der Waals surface area (Å²) in [5.74, 6) is -1.91. The molecule has 2 aromatic rings. The largest absolute Gasteiger partial charge is 0.495 e. The Morgan fingerprint density at radius 1 is 1.23 bits per heavy atom. The van der Waals surface area contributed by atoms with Crippen molar-refractivity contribution in [2.24, 2.45) is 0 Å². The number of carbonyl (C=O) groups is 2. The fourth-order valence-electron chi connectivity index (χ4n) is 2.58. The van der Waals surface area contributed by atoms with Crippen LogP contribution in [-0.2, 0) is 9.59 Å². The monoisotopic (exact) mass is 379 g/mol. The van der Waals surface area contributed by atoms with E-state index in [9.17, 15) is 19.1 Å². The number of amides is 1. The number of carboxylic acid groups (broad SMARTS) is 1. The van der Waals surface area contributed by atoms with E-state index in [0.29, 0.717) is 16.9 Å². The molecule has 0 saturated heterocycles. The van der Waals surface area contributed by atoms with Crippen LogP contribution in [0.15, 0.2) is 42.5 Å². The van der Waals surface area contributed by atoms with Gasteiger partial charge in [-0.05, 0) is 41.3 Å². The lowest BCUT2D eigenvalue weighted by Gasteiger charge is -2.18. The van der Waals surface area contributed by atoms with E-state index in [1.54, 1.807) is 19.1 Å². The fraction of sp³-hybridized carbons (Fsp3) is 0.263. The number of aliphatic carboxylic acids is 1. The molecule has 0 radical (unpaired) electrons. The third-order valence-corrected chi connectivity index (χ3v) is 4.27.